The molecule has 1 heterocycles. The SMILES string of the molecule is COc1ccc(C)cc1-n1cc(C)nc1N. The molecule has 0 aliphatic heterocycles. The van der Waals surface area contributed by atoms with Gasteiger partial charge in [-0.15, -0.1) is 0 Å². The van der Waals surface area contributed by atoms with E-state index in [1.54, 1.807) is 7.11 Å². The van der Waals surface area contributed by atoms with Gasteiger partial charge in [0.05, 0.1) is 18.5 Å². The van der Waals surface area contributed by atoms with Gasteiger partial charge in [-0.25, -0.2) is 4.98 Å². The molecule has 1 aromatic carbocycles. The summed E-state index contributed by atoms with van der Waals surface area (Å²) in [4.78, 5) is 4.18. The quantitative estimate of drug-likeness (QED) is 0.837. The molecule has 0 aliphatic rings. The lowest BCUT2D eigenvalue weighted by Crippen LogP contribution is -2.02. The summed E-state index contributed by atoms with van der Waals surface area (Å²) >= 11 is 0. The van der Waals surface area contributed by atoms with E-state index >= 15 is 0 Å². The smallest absolute Gasteiger partial charge is 0.205 e. The van der Waals surface area contributed by atoms with Crippen LogP contribution >= 0.6 is 0 Å². The first-order chi connectivity index (χ1) is 7.61. The first-order valence-electron chi connectivity index (χ1n) is 5.08. The number of benzene rings is 1. The minimum absolute atomic E-state index is 0.474. The van der Waals surface area contributed by atoms with Crippen LogP contribution in [0.5, 0.6) is 5.75 Å². The number of rotatable bonds is 2. The predicted octanol–water partition coefficient (Wildman–Crippen LogP) is 2.08. The zero-order chi connectivity index (χ0) is 11.7. The summed E-state index contributed by atoms with van der Waals surface area (Å²) in [5.74, 6) is 1.26. The average Bonchev–Trinajstić information content (AvgIpc) is 2.57. The summed E-state index contributed by atoms with van der Waals surface area (Å²) in [7, 11) is 1.65. The maximum Gasteiger partial charge on any atom is 0.205 e. The van der Waals surface area contributed by atoms with E-state index < -0.39 is 0 Å². The Morgan fingerprint density at radius 2 is 2.06 bits per heavy atom. The number of nitrogen functional groups attached to an aromatic ring is 1. The van der Waals surface area contributed by atoms with Crippen LogP contribution in [-0.2, 0) is 0 Å². The van der Waals surface area contributed by atoms with E-state index in [1.807, 2.05) is 42.8 Å². The average molecular weight is 217 g/mol. The zero-order valence-electron chi connectivity index (χ0n) is 9.69. The number of methoxy groups -OCH3 is 1. The number of aryl methyl sites for hydroxylation is 2. The molecule has 2 rings (SSSR count). The lowest BCUT2D eigenvalue weighted by atomic mass is 10.2. The monoisotopic (exact) mass is 217 g/mol. The highest BCUT2D eigenvalue weighted by Crippen LogP contribution is 2.26. The maximum atomic E-state index is 5.84. The van der Waals surface area contributed by atoms with E-state index in [9.17, 15) is 0 Å². The van der Waals surface area contributed by atoms with Crippen LogP contribution in [0.2, 0.25) is 0 Å². The van der Waals surface area contributed by atoms with E-state index in [-0.39, 0.29) is 0 Å². The second kappa shape index (κ2) is 3.89. The minimum atomic E-state index is 0.474. The van der Waals surface area contributed by atoms with Gasteiger partial charge in [0.15, 0.2) is 0 Å². The molecule has 0 saturated carbocycles. The van der Waals surface area contributed by atoms with Gasteiger partial charge < -0.3 is 10.5 Å². The molecular weight excluding hydrogens is 202 g/mol. The van der Waals surface area contributed by atoms with Gasteiger partial charge in [0.1, 0.15) is 5.75 Å². The van der Waals surface area contributed by atoms with Gasteiger partial charge in [0.2, 0.25) is 5.95 Å². The van der Waals surface area contributed by atoms with E-state index in [1.165, 1.54) is 0 Å². The number of hydrogen-bond acceptors (Lipinski definition) is 3. The van der Waals surface area contributed by atoms with Crippen molar-refractivity contribution in [3.8, 4) is 11.4 Å². The molecule has 0 fully saturated rings. The fraction of sp³-hybridized carbons (Fsp3) is 0.250. The Morgan fingerprint density at radius 1 is 1.31 bits per heavy atom. The molecule has 2 aromatic rings. The molecule has 0 radical (unpaired) electrons. The van der Waals surface area contributed by atoms with Crippen molar-refractivity contribution in [3.63, 3.8) is 0 Å². The van der Waals surface area contributed by atoms with Gasteiger partial charge >= 0.3 is 0 Å². The molecule has 84 valence electrons. The molecule has 0 amide bonds. The van der Waals surface area contributed by atoms with Crippen molar-refractivity contribution in [2.45, 2.75) is 13.8 Å². The summed E-state index contributed by atoms with van der Waals surface area (Å²) in [5.41, 5.74) is 8.80. The van der Waals surface area contributed by atoms with Crippen molar-refractivity contribution in [2.24, 2.45) is 0 Å². The van der Waals surface area contributed by atoms with Crippen LogP contribution in [0.25, 0.3) is 5.69 Å². The van der Waals surface area contributed by atoms with E-state index in [4.69, 9.17) is 10.5 Å². The number of aromatic nitrogens is 2. The molecule has 0 aliphatic carbocycles. The van der Waals surface area contributed by atoms with Crippen LogP contribution in [0.3, 0.4) is 0 Å². The minimum Gasteiger partial charge on any atom is -0.495 e. The standard InChI is InChI=1S/C12H15N3O/c1-8-4-5-11(16-3)10(6-8)15-7-9(2)14-12(15)13/h4-7H,1-3H3,(H2,13,14). The number of nitrogens with zero attached hydrogens (tertiary/aromatic N) is 2. The molecule has 0 atom stereocenters. The van der Waals surface area contributed by atoms with Gasteiger partial charge in [-0.2, -0.15) is 0 Å². The first-order valence-corrected chi connectivity index (χ1v) is 5.08. The van der Waals surface area contributed by atoms with E-state index in [0.29, 0.717) is 5.95 Å². The topological polar surface area (TPSA) is 53.1 Å². The first kappa shape index (κ1) is 10.5. The number of imidazole rings is 1. The molecule has 0 bridgehead atoms. The Morgan fingerprint density at radius 3 is 2.62 bits per heavy atom. The van der Waals surface area contributed by atoms with Crippen molar-refractivity contribution < 1.29 is 4.74 Å². The summed E-state index contributed by atoms with van der Waals surface area (Å²) < 4.78 is 7.15. The predicted molar refractivity (Wildman–Crippen MR) is 64.0 cm³/mol. The van der Waals surface area contributed by atoms with Crippen molar-refractivity contribution >= 4 is 5.95 Å². The van der Waals surface area contributed by atoms with Gasteiger partial charge in [-0.05, 0) is 31.5 Å². The lowest BCUT2D eigenvalue weighted by Gasteiger charge is -2.11. The Hall–Kier alpha value is -1.97. The Kier molecular flexibility index (Phi) is 2.56. The van der Waals surface area contributed by atoms with Crippen molar-refractivity contribution in [3.05, 3.63) is 35.7 Å². The number of anilines is 1. The molecule has 16 heavy (non-hydrogen) atoms. The van der Waals surface area contributed by atoms with Crippen LogP contribution in [0.15, 0.2) is 24.4 Å². The third kappa shape index (κ3) is 1.74. The number of nitrogens with two attached hydrogens (primary N) is 1. The molecule has 4 heteroatoms. The van der Waals surface area contributed by atoms with Crippen molar-refractivity contribution in [2.75, 3.05) is 12.8 Å². The Bertz CT molecular complexity index is 517. The molecule has 2 N–H and O–H groups in total. The molecule has 1 aromatic heterocycles. The van der Waals surface area contributed by atoms with Gasteiger partial charge in [-0.1, -0.05) is 6.07 Å². The number of hydrogen-bond donors (Lipinski definition) is 1. The third-order valence-electron chi connectivity index (χ3n) is 2.45. The fourth-order valence-electron chi connectivity index (χ4n) is 1.70. The second-order valence-electron chi connectivity index (χ2n) is 3.79. The van der Waals surface area contributed by atoms with E-state index in [2.05, 4.69) is 4.98 Å². The van der Waals surface area contributed by atoms with Crippen LogP contribution in [0.4, 0.5) is 5.95 Å². The molecule has 0 unspecified atom stereocenters. The summed E-state index contributed by atoms with van der Waals surface area (Å²) in [6, 6.07) is 5.96. The van der Waals surface area contributed by atoms with Gasteiger partial charge in [0, 0.05) is 6.20 Å². The Labute approximate surface area is 94.7 Å². The van der Waals surface area contributed by atoms with Crippen molar-refractivity contribution in [1.29, 1.82) is 0 Å². The van der Waals surface area contributed by atoms with Crippen molar-refractivity contribution in [1.82, 2.24) is 9.55 Å². The normalized spacial score (nSPS) is 10.4. The summed E-state index contributed by atoms with van der Waals surface area (Å²) in [6.07, 6.45) is 1.90. The molecule has 0 spiro atoms. The zero-order valence-corrected chi connectivity index (χ0v) is 9.69. The third-order valence-corrected chi connectivity index (χ3v) is 2.45. The highest BCUT2D eigenvalue weighted by molar-refractivity contribution is 5.52. The van der Waals surface area contributed by atoms with E-state index in [0.717, 1.165) is 22.7 Å². The van der Waals surface area contributed by atoms with Crippen LogP contribution in [-0.4, -0.2) is 16.7 Å². The fourth-order valence-corrected chi connectivity index (χ4v) is 1.70. The van der Waals surface area contributed by atoms with Gasteiger partial charge in [0.25, 0.3) is 0 Å². The maximum absolute atomic E-state index is 5.84. The number of ether oxygens (including phenoxy) is 1. The largest absolute Gasteiger partial charge is 0.495 e. The lowest BCUT2D eigenvalue weighted by molar-refractivity contribution is 0.413. The molecular formula is C12H15N3O. The highest BCUT2D eigenvalue weighted by atomic mass is 16.5. The van der Waals surface area contributed by atoms with Crippen LogP contribution in [0.1, 0.15) is 11.3 Å². The van der Waals surface area contributed by atoms with Gasteiger partial charge in [-0.3, -0.25) is 4.57 Å². The highest BCUT2D eigenvalue weighted by Gasteiger charge is 2.09. The summed E-state index contributed by atoms with van der Waals surface area (Å²) in [5, 5.41) is 0. The second-order valence-corrected chi connectivity index (χ2v) is 3.79. The van der Waals surface area contributed by atoms with Crippen LogP contribution in [0, 0.1) is 13.8 Å². The Balaban J connectivity index is 2.62. The summed E-state index contributed by atoms with van der Waals surface area (Å²) in [6.45, 7) is 3.94. The molecule has 0 saturated heterocycles. The molecule has 4 nitrogen and oxygen atoms in total. The van der Waals surface area contributed by atoms with Crippen LogP contribution < -0.4 is 10.5 Å².